The molecule has 2 N–H and O–H groups in total. The number of halogens is 3. The molecule has 1 atom stereocenters. The zero-order valence-electron chi connectivity index (χ0n) is 24.9. The van der Waals surface area contributed by atoms with Crippen LogP contribution in [0.2, 0.25) is 0 Å². The number of hydrogen-bond donors (Lipinski definition) is 2. The zero-order valence-corrected chi connectivity index (χ0v) is 25.7. The van der Waals surface area contributed by atoms with Crippen LogP contribution in [-0.4, -0.2) is 51.5 Å². The van der Waals surface area contributed by atoms with Crippen molar-refractivity contribution in [2.24, 2.45) is 5.92 Å². The van der Waals surface area contributed by atoms with Crippen LogP contribution in [0.4, 0.5) is 18.9 Å². The second-order valence-electron chi connectivity index (χ2n) is 10.1. The summed E-state index contributed by atoms with van der Waals surface area (Å²) in [5.74, 6) is -0.0444. The standard InChI is InChI=1S/C31H32F3N5O5S/c1-19(2)29(41)43-18-45-30(36-26-14-13-25(42-4)15-20(26)3)37-27(40)16-21-5-7-22(8-6-21)28-35-17-39(38-28)23-9-11-24(12-10-23)44-31(32,33)34/h5-15,17,19,30,36H,16,18H2,1-4H3,(H,37,40). The molecule has 3 aromatic carbocycles. The van der Waals surface area contributed by atoms with Gasteiger partial charge in [-0.05, 0) is 60.5 Å². The van der Waals surface area contributed by atoms with Crippen molar-refractivity contribution in [1.82, 2.24) is 20.1 Å². The van der Waals surface area contributed by atoms with Gasteiger partial charge < -0.3 is 24.8 Å². The summed E-state index contributed by atoms with van der Waals surface area (Å²) in [7, 11) is 1.59. The summed E-state index contributed by atoms with van der Waals surface area (Å²) in [6, 6.07) is 17.9. The van der Waals surface area contributed by atoms with Crippen molar-refractivity contribution >= 4 is 29.3 Å². The van der Waals surface area contributed by atoms with Gasteiger partial charge >= 0.3 is 12.3 Å². The van der Waals surface area contributed by atoms with Gasteiger partial charge in [-0.15, -0.1) is 18.3 Å². The first kappa shape index (κ1) is 33.2. The number of nitrogens with zero attached hydrogens (tertiary/aromatic N) is 3. The molecule has 0 aliphatic carbocycles. The zero-order chi connectivity index (χ0) is 32.6. The number of amides is 1. The molecule has 4 rings (SSSR count). The number of anilines is 1. The van der Waals surface area contributed by atoms with Gasteiger partial charge in [0, 0.05) is 11.3 Å². The molecule has 0 fully saturated rings. The molecule has 1 heterocycles. The van der Waals surface area contributed by atoms with E-state index in [2.05, 4.69) is 25.5 Å². The lowest BCUT2D eigenvalue weighted by atomic mass is 10.1. The monoisotopic (exact) mass is 643 g/mol. The van der Waals surface area contributed by atoms with E-state index >= 15 is 0 Å². The van der Waals surface area contributed by atoms with E-state index < -0.39 is 11.9 Å². The Morgan fingerprint density at radius 1 is 1.00 bits per heavy atom. The fourth-order valence-corrected chi connectivity index (χ4v) is 4.73. The lowest BCUT2D eigenvalue weighted by molar-refractivity contribution is -0.274. The van der Waals surface area contributed by atoms with E-state index in [0.29, 0.717) is 22.8 Å². The fraction of sp³-hybridized carbons (Fsp3) is 0.290. The van der Waals surface area contributed by atoms with E-state index in [0.717, 1.165) is 16.8 Å². The summed E-state index contributed by atoms with van der Waals surface area (Å²) >= 11 is 1.23. The Kier molecular flexibility index (Phi) is 10.9. The number of hydrogen-bond acceptors (Lipinski definition) is 9. The van der Waals surface area contributed by atoms with Gasteiger partial charge in [0.05, 0.1) is 25.1 Å². The largest absolute Gasteiger partial charge is 0.573 e. The number of thioether (sulfide) groups is 1. The number of alkyl halides is 3. The van der Waals surface area contributed by atoms with Gasteiger partial charge in [-0.1, -0.05) is 49.9 Å². The van der Waals surface area contributed by atoms with Crippen LogP contribution in [0, 0.1) is 12.8 Å². The molecule has 4 aromatic rings. The van der Waals surface area contributed by atoms with Gasteiger partial charge in [0.1, 0.15) is 23.8 Å². The topological polar surface area (TPSA) is 117 Å². The highest BCUT2D eigenvalue weighted by atomic mass is 32.2. The Hall–Kier alpha value is -4.72. The minimum atomic E-state index is -4.77. The molecule has 1 amide bonds. The van der Waals surface area contributed by atoms with Gasteiger partial charge in [-0.3, -0.25) is 9.59 Å². The first-order valence-electron chi connectivity index (χ1n) is 13.8. The number of ether oxygens (including phenoxy) is 3. The number of aromatic nitrogens is 3. The highest BCUT2D eigenvalue weighted by Crippen LogP contribution is 2.25. The third-order valence-corrected chi connectivity index (χ3v) is 7.15. The number of methoxy groups -OCH3 is 1. The lowest BCUT2D eigenvalue weighted by Gasteiger charge is -2.22. The molecule has 0 aliphatic heterocycles. The molecule has 0 saturated carbocycles. The summed E-state index contributed by atoms with van der Waals surface area (Å²) in [6.45, 7) is 5.41. The molecule has 1 aromatic heterocycles. The van der Waals surface area contributed by atoms with Gasteiger partial charge in [-0.2, -0.15) is 0 Å². The van der Waals surface area contributed by atoms with Gasteiger partial charge in [0.25, 0.3) is 0 Å². The first-order valence-corrected chi connectivity index (χ1v) is 14.8. The maximum absolute atomic E-state index is 13.0. The molecule has 1 unspecified atom stereocenters. The Morgan fingerprint density at radius 3 is 2.31 bits per heavy atom. The molecule has 238 valence electrons. The third-order valence-electron chi connectivity index (χ3n) is 6.32. The SMILES string of the molecule is COc1ccc(NC(NC(=O)Cc2ccc(-c3ncn(-c4ccc(OC(F)(F)F)cc4)n3)cc2)SCOC(=O)C(C)C)c(C)c1. The van der Waals surface area contributed by atoms with Crippen molar-refractivity contribution in [3.05, 3.63) is 84.2 Å². The number of esters is 1. The molecule has 0 aliphatic rings. The van der Waals surface area contributed by atoms with Gasteiger partial charge in [-0.25, -0.2) is 9.67 Å². The van der Waals surface area contributed by atoms with E-state index in [9.17, 15) is 22.8 Å². The molecule has 10 nitrogen and oxygen atoms in total. The molecular formula is C31H32F3N5O5S. The van der Waals surface area contributed by atoms with Crippen molar-refractivity contribution in [3.8, 4) is 28.6 Å². The lowest BCUT2D eigenvalue weighted by Crippen LogP contribution is -2.39. The summed E-state index contributed by atoms with van der Waals surface area (Å²) in [5.41, 5.74) is 3.03. The minimum absolute atomic E-state index is 0.0456. The van der Waals surface area contributed by atoms with Crippen molar-refractivity contribution in [3.63, 3.8) is 0 Å². The number of aryl methyl sites for hydroxylation is 1. The van der Waals surface area contributed by atoms with Crippen molar-refractivity contribution in [1.29, 1.82) is 0 Å². The maximum Gasteiger partial charge on any atom is 0.573 e. The second kappa shape index (κ2) is 14.8. The molecule has 0 saturated heterocycles. The normalized spacial score (nSPS) is 12.0. The van der Waals surface area contributed by atoms with Gasteiger partial charge in [0.15, 0.2) is 11.3 Å². The number of rotatable bonds is 13. The maximum atomic E-state index is 13.0. The fourth-order valence-electron chi connectivity index (χ4n) is 3.99. The number of carbonyl (C=O) groups is 2. The molecule has 0 radical (unpaired) electrons. The van der Waals surface area contributed by atoms with Crippen molar-refractivity contribution in [2.45, 2.75) is 39.1 Å². The van der Waals surface area contributed by atoms with Crippen molar-refractivity contribution in [2.75, 3.05) is 18.4 Å². The average molecular weight is 644 g/mol. The molecule has 45 heavy (non-hydrogen) atoms. The Labute approximate surface area is 262 Å². The molecule has 14 heteroatoms. The highest BCUT2D eigenvalue weighted by molar-refractivity contribution is 7.99. The average Bonchev–Trinajstić information content (AvgIpc) is 3.48. The predicted octanol–water partition coefficient (Wildman–Crippen LogP) is 6.09. The van der Waals surface area contributed by atoms with Crippen LogP contribution in [0.15, 0.2) is 73.1 Å². The number of carbonyl (C=O) groups excluding carboxylic acids is 2. The second-order valence-corrected chi connectivity index (χ2v) is 11.1. The summed E-state index contributed by atoms with van der Waals surface area (Å²) in [4.78, 5) is 29.2. The number of benzene rings is 3. The van der Waals surface area contributed by atoms with E-state index in [1.165, 1.54) is 47.0 Å². The Bertz CT molecular complexity index is 1590. The van der Waals surface area contributed by atoms with Crippen LogP contribution in [0.25, 0.3) is 17.1 Å². The smallest absolute Gasteiger partial charge is 0.497 e. The van der Waals surface area contributed by atoms with E-state index in [4.69, 9.17) is 9.47 Å². The van der Waals surface area contributed by atoms with Crippen LogP contribution in [0.3, 0.4) is 0 Å². The van der Waals surface area contributed by atoms with E-state index in [-0.39, 0.29) is 35.9 Å². The predicted molar refractivity (Wildman–Crippen MR) is 164 cm³/mol. The van der Waals surface area contributed by atoms with Gasteiger partial charge in [0.2, 0.25) is 5.91 Å². The molecule has 0 bridgehead atoms. The minimum Gasteiger partial charge on any atom is -0.497 e. The third kappa shape index (κ3) is 9.89. The quantitative estimate of drug-likeness (QED) is 0.132. The van der Waals surface area contributed by atoms with E-state index in [1.54, 1.807) is 51.3 Å². The highest BCUT2D eigenvalue weighted by Gasteiger charge is 2.31. The summed E-state index contributed by atoms with van der Waals surface area (Å²) in [6.07, 6.45) is -3.24. The Balaban J connectivity index is 1.38. The van der Waals surface area contributed by atoms with E-state index in [1.807, 2.05) is 19.1 Å². The summed E-state index contributed by atoms with van der Waals surface area (Å²) < 4.78 is 53.2. The Morgan fingerprint density at radius 2 is 1.69 bits per heavy atom. The van der Waals surface area contributed by atoms with Crippen molar-refractivity contribution < 1.29 is 37.0 Å². The molecule has 0 spiro atoms. The number of nitrogens with one attached hydrogen (secondary N) is 2. The molecular weight excluding hydrogens is 611 g/mol. The van der Waals surface area contributed by atoms with Crippen LogP contribution in [0.1, 0.15) is 25.0 Å². The first-order chi connectivity index (χ1) is 21.4. The van der Waals surface area contributed by atoms with Crippen LogP contribution >= 0.6 is 11.8 Å². The van der Waals surface area contributed by atoms with Crippen LogP contribution in [-0.2, 0) is 20.7 Å². The van der Waals surface area contributed by atoms with Crippen LogP contribution < -0.4 is 20.1 Å². The summed E-state index contributed by atoms with van der Waals surface area (Å²) in [5, 5.41) is 10.6. The van der Waals surface area contributed by atoms with Crippen LogP contribution in [0.5, 0.6) is 11.5 Å².